The van der Waals surface area contributed by atoms with E-state index in [1.165, 1.54) is 32.1 Å². The number of halogens is 1. The van der Waals surface area contributed by atoms with E-state index in [4.69, 9.17) is 0 Å². The van der Waals surface area contributed by atoms with E-state index in [9.17, 15) is 4.79 Å². The van der Waals surface area contributed by atoms with Crippen molar-refractivity contribution in [2.45, 2.75) is 39.0 Å². The molecular formula is C17H22BrNO. The summed E-state index contributed by atoms with van der Waals surface area (Å²) in [6.45, 7) is 3.93. The maximum absolute atomic E-state index is 12.7. The molecule has 1 heterocycles. The van der Waals surface area contributed by atoms with Crippen molar-refractivity contribution in [2.75, 3.05) is 13.1 Å². The number of carbonyl (C=O) groups is 1. The lowest BCUT2D eigenvalue weighted by Gasteiger charge is -2.41. The van der Waals surface area contributed by atoms with Crippen molar-refractivity contribution in [3.63, 3.8) is 0 Å². The van der Waals surface area contributed by atoms with E-state index in [0.717, 1.165) is 40.5 Å². The van der Waals surface area contributed by atoms with Crippen LogP contribution in [0.1, 0.15) is 48.0 Å². The second kappa shape index (κ2) is 5.88. The van der Waals surface area contributed by atoms with E-state index in [-0.39, 0.29) is 5.91 Å². The van der Waals surface area contributed by atoms with Gasteiger partial charge in [-0.1, -0.05) is 31.4 Å². The summed E-state index contributed by atoms with van der Waals surface area (Å²) in [6, 6.07) is 5.95. The van der Waals surface area contributed by atoms with Gasteiger partial charge in [0.25, 0.3) is 5.91 Å². The normalized spacial score (nSPS) is 26.2. The lowest BCUT2D eigenvalue weighted by molar-refractivity contribution is 0.0520. The van der Waals surface area contributed by atoms with Crippen LogP contribution >= 0.6 is 15.9 Å². The Hall–Kier alpha value is -0.830. The first kappa shape index (κ1) is 14.1. The Labute approximate surface area is 129 Å². The first-order valence-electron chi connectivity index (χ1n) is 7.71. The zero-order valence-corrected chi connectivity index (χ0v) is 13.7. The fourth-order valence-electron chi connectivity index (χ4n) is 3.77. The third-order valence-corrected chi connectivity index (χ3v) is 6.05. The van der Waals surface area contributed by atoms with Crippen LogP contribution < -0.4 is 0 Å². The molecule has 3 rings (SSSR count). The molecule has 1 aliphatic heterocycles. The maximum Gasteiger partial charge on any atom is 0.255 e. The molecule has 2 aliphatic rings. The molecule has 1 amide bonds. The molecule has 0 aromatic heterocycles. The smallest absolute Gasteiger partial charge is 0.255 e. The lowest BCUT2D eigenvalue weighted by Crippen LogP contribution is -2.44. The molecule has 1 aromatic carbocycles. The number of carbonyl (C=O) groups excluding carboxylic acids is 1. The van der Waals surface area contributed by atoms with Gasteiger partial charge in [-0.3, -0.25) is 4.79 Å². The molecule has 0 N–H and O–H groups in total. The highest BCUT2D eigenvalue weighted by Gasteiger charge is 2.33. The number of likely N-dealkylation sites (tertiary alicyclic amines) is 1. The van der Waals surface area contributed by atoms with E-state index in [2.05, 4.69) is 20.8 Å². The topological polar surface area (TPSA) is 20.3 Å². The van der Waals surface area contributed by atoms with Crippen LogP contribution in [0, 0.1) is 18.8 Å². The summed E-state index contributed by atoms with van der Waals surface area (Å²) >= 11 is 3.57. The molecule has 2 nitrogen and oxygen atoms in total. The van der Waals surface area contributed by atoms with Gasteiger partial charge in [-0.15, -0.1) is 0 Å². The number of aryl methyl sites for hydroxylation is 1. The average Bonchev–Trinajstić information content (AvgIpc) is 2.49. The van der Waals surface area contributed by atoms with Crippen LogP contribution in [0.4, 0.5) is 0 Å². The van der Waals surface area contributed by atoms with E-state index in [1.807, 2.05) is 25.1 Å². The molecule has 20 heavy (non-hydrogen) atoms. The molecule has 2 unspecified atom stereocenters. The van der Waals surface area contributed by atoms with Gasteiger partial charge in [0, 0.05) is 17.6 Å². The molecule has 0 spiro atoms. The number of fused-ring (bicyclic) bond motifs is 1. The van der Waals surface area contributed by atoms with Crippen molar-refractivity contribution >= 4 is 21.8 Å². The minimum absolute atomic E-state index is 0.199. The average molecular weight is 336 g/mol. The summed E-state index contributed by atoms with van der Waals surface area (Å²) in [5.74, 6) is 1.81. The number of piperidine rings is 1. The zero-order valence-electron chi connectivity index (χ0n) is 12.1. The van der Waals surface area contributed by atoms with E-state index in [1.54, 1.807) is 0 Å². The maximum atomic E-state index is 12.7. The first-order valence-corrected chi connectivity index (χ1v) is 8.50. The van der Waals surface area contributed by atoms with Crippen LogP contribution in [-0.2, 0) is 0 Å². The standard InChI is InChI=1S/C17H22BrNO/c1-12-5-4-8-15(16(12)18)17(20)19-10-9-13-6-2-3-7-14(13)11-19/h4-5,8,13-14H,2-3,6-7,9-11H2,1H3. The number of benzene rings is 1. The van der Waals surface area contributed by atoms with Crippen LogP contribution in [0.3, 0.4) is 0 Å². The molecule has 0 bridgehead atoms. The SMILES string of the molecule is Cc1cccc(C(=O)N2CCC3CCCCC3C2)c1Br. The van der Waals surface area contributed by atoms with Gasteiger partial charge in [0.15, 0.2) is 0 Å². The van der Waals surface area contributed by atoms with E-state index in [0.29, 0.717) is 0 Å². The van der Waals surface area contributed by atoms with Gasteiger partial charge in [0.1, 0.15) is 0 Å². The Bertz CT molecular complexity index is 514. The molecule has 0 radical (unpaired) electrons. The zero-order chi connectivity index (χ0) is 14.1. The second-order valence-corrected chi connectivity index (χ2v) is 7.07. The Kier molecular flexibility index (Phi) is 4.16. The molecule has 108 valence electrons. The molecule has 1 aromatic rings. The van der Waals surface area contributed by atoms with Crippen molar-refractivity contribution in [1.82, 2.24) is 4.90 Å². The number of hydrogen-bond donors (Lipinski definition) is 0. The van der Waals surface area contributed by atoms with Crippen molar-refractivity contribution in [2.24, 2.45) is 11.8 Å². The third-order valence-electron chi connectivity index (χ3n) is 5.00. The van der Waals surface area contributed by atoms with Gasteiger partial charge < -0.3 is 4.90 Å². The van der Waals surface area contributed by atoms with Crippen LogP contribution in [-0.4, -0.2) is 23.9 Å². The van der Waals surface area contributed by atoms with Crippen LogP contribution in [0.2, 0.25) is 0 Å². The Morgan fingerprint density at radius 2 is 1.95 bits per heavy atom. The second-order valence-electron chi connectivity index (χ2n) is 6.28. The van der Waals surface area contributed by atoms with Crippen molar-refractivity contribution < 1.29 is 4.79 Å². The van der Waals surface area contributed by atoms with Gasteiger partial charge in [0.2, 0.25) is 0 Å². The largest absolute Gasteiger partial charge is 0.338 e. The number of rotatable bonds is 1. The fourth-order valence-corrected chi connectivity index (χ4v) is 4.20. The fraction of sp³-hybridized carbons (Fsp3) is 0.588. The molecule has 1 aliphatic carbocycles. The summed E-state index contributed by atoms with van der Waals surface area (Å²) in [6.07, 6.45) is 6.61. The Morgan fingerprint density at radius 1 is 1.20 bits per heavy atom. The van der Waals surface area contributed by atoms with Crippen molar-refractivity contribution in [3.05, 3.63) is 33.8 Å². The van der Waals surface area contributed by atoms with Gasteiger partial charge in [0.05, 0.1) is 5.56 Å². The summed E-state index contributed by atoms with van der Waals surface area (Å²) < 4.78 is 0.954. The van der Waals surface area contributed by atoms with Gasteiger partial charge >= 0.3 is 0 Å². The first-order chi connectivity index (χ1) is 9.66. The van der Waals surface area contributed by atoms with Crippen LogP contribution in [0.25, 0.3) is 0 Å². The quantitative estimate of drug-likeness (QED) is 0.744. The monoisotopic (exact) mass is 335 g/mol. The predicted octanol–water partition coefficient (Wildman–Crippen LogP) is 4.41. The van der Waals surface area contributed by atoms with Crippen molar-refractivity contribution in [1.29, 1.82) is 0 Å². The molecule has 2 atom stereocenters. The summed E-state index contributed by atoms with van der Waals surface area (Å²) in [5.41, 5.74) is 1.95. The predicted molar refractivity (Wildman–Crippen MR) is 84.8 cm³/mol. The number of amides is 1. The van der Waals surface area contributed by atoms with Crippen molar-refractivity contribution in [3.8, 4) is 0 Å². The minimum Gasteiger partial charge on any atom is -0.338 e. The third kappa shape index (κ3) is 2.65. The van der Waals surface area contributed by atoms with Crippen LogP contribution in [0.15, 0.2) is 22.7 Å². The Balaban J connectivity index is 1.76. The summed E-state index contributed by atoms with van der Waals surface area (Å²) in [5, 5.41) is 0. The molecule has 3 heteroatoms. The van der Waals surface area contributed by atoms with Crippen LogP contribution in [0.5, 0.6) is 0 Å². The van der Waals surface area contributed by atoms with E-state index >= 15 is 0 Å². The van der Waals surface area contributed by atoms with Gasteiger partial charge in [-0.05, 0) is 59.2 Å². The molecule has 2 fully saturated rings. The Morgan fingerprint density at radius 3 is 2.75 bits per heavy atom. The summed E-state index contributed by atoms with van der Waals surface area (Å²) in [7, 11) is 0. The van der Waals surface area contributed by atoms with Gasteiger partial charge in [-0.25, -0.2) is 0 Å². The van der Waals surface area contributed by atoms with E-state index < -0.39 is 0 Å². The lowest BCUT2D eigenvalue weighted by atomic mass is 9.75. The highest BCUT2D eigenvalue weighted by Crippen LogP contribution is 2.36. The highest BCUT2D eigenvalue weighted by molar-refractivity contribution is 9.10. The number of nitrogens with zero attached hydrogens (tertiary/aromatic N) is 1. The highest BCUT2D eigenvalue weighted by atomic mass is 79.9. The molecule has 1 saturated carbocycles. The summed E-state index contributed by atoms with van der Waals surface area (Å²) in [4.78, 5) is 14.8. The molecule has 1 saturated heterocycles. The van der Waals surface area contributed by atoms with Gasteiger partial charge in [-0.2, -0.15) is 0 Å². The molecular weight excluding hydrogens is 314 g/mol. The minimum atomic E-state index is 0.199. The number of hydrogen-bond acceptors (Lipinski definition) is 1.